The maximum absolute atomic E-state index is 12.9. The average molecular weight is 326 g/mol. The molecule has 0 bridgehead atoms. The molecule has 0 unspecified atom stereocenters. The highest BCUT2D eigenvalue weighted by Gasteiger charge is 2.27. The predicted octanol–water partition coefficient (Wildman–Crippen LogP) is 3.39. The standard InChI is InChI=1S/C17H11FN2O4/c1-10-13(3-2-4-15(10)20(22)23)16-19-14(17(21)24-16)9-11-5-7-12(18)8-6-11/h2-9H,1H3/b14-9-. The van der Waals surface area contributed by atoms with E-state index in [0.29, 0.717) is 16.7 Å². The molecule has 0 saturated heterocycles. The second-order valence-corrected chi connectivity index (χ2v) is 5.09. The Balaban J connectivity index is 1.99. The third-order valence-corrected chi connectivity index (χ3v) is 3.53. The number of hydrogen-bond acceptors (Lipinski definition) is 5. The highest BCUT2D eigenvalue weighted by molar-refractivity contribution is 6.13. The molecule has 120 valence electrons. The third kappa shape index (κ3) is 2.91. The number of carbonyl (C=O) groups excluding carboxylic acids is 1. The fraction of sp³-hybridized carbons (Fsp3) is 0.0588. The number of aliphatic imine (C=N–C) groups is 1. The van der Waals surface area contributed by atoms with Gasteiger partial charge < -0.3 is 4.74 Å². The van der Waals surface area contributed by atoms with Crippen LogP contribution >= 0.6 is 0 Å². The molecular formula is C17H11FN2O4. The average Bonchev–Trinajstić information content (AvgIpc) is 2.90. The van der Waals surface area contributed by atoms with Gasteiger partial charge in [0.15, 0.2) is 5.70 Å². The van der Waals surface area contributed by atoms with Gasteiger partial charge in [-0.05, 0) is 36.8 Å². The van der Waals surface area contributed by atoms with Crippen molar-refractivity contribution in [1.82, 2.24) is 0 Å². The predicted molar refractivity (Wildman–Crippen MR) is 84.8 cm³/mol. The molecule has 3 rings (SSSR count). The summed E-state index contributed by atoms with van der Waals surface area (Å²) in [5, 5.41) is 11.0. The summed E-state index contributed by atoms with van der Waals surface area (Å²) in [4.78, 5) is 26.5. The van der Waals surface area contributed by atoms with E-state index in [1.54, 1.807) is 13.0 Å². The number of benzene rings is 2. The Morgan fingerprint density at radius 1 is 1.21 bits per heavy atom. The zero-order valence-electron chi connectivity index (χ0n) is 12.5. The molecule has 1 aliphatic rings. The van der Waals surface area contributed by atoms with E-state index in [2.05, 4.69) is 4.99 Å². The van der Waals surface area contributed by atoms with E-state index in [-0.39, 0.29) is 23.1 Å². The van der Waals surface area contributed by atoms with E-state index in [9.17, 15) is 19.3 Å². The molecule has 0 atom stereocenters. The summed E-state index contributed by atoms with van der Waals surface area (Å²) in [5.74, 6) is -1.04. The minimum atomic E-state index is -0.666. The lowest BCUT2D eigenvalue weighted by atomic mass is 10.1. The molecule has 0 fully saturated rings. The smallest absolute Gasteiger partial charge is 0.363 e. The molecule has 0 aromatic heterocycles. The number of nitrogens with zero attached hydrogens (tertiary/aromatic N) is 2. The molecule has 0 radical (unpaired) electrons. The SMILES string of the molecule is Cc1c(C2=N/C(=C\c3ccc(F)cc3)C(=O)O2)cccc1[N+](=O)[O-]. The van der Waals surface area contributed by atoms with Crippen molar-refractivity contribution in [3.8, 4) is 0 Å². The summed E-state index contributed by atoms with van der Waals surface area (Å²) in [6.45, 7) is 1.56. The lowest BCUT2D eigenvalue weighted by molar-refractivity contribution is -0.385. The van der Waals surface area contributed by atoms with Crippen LogP contribution in [0.15, 0.2) is 53.2 Å². The van der Waals surface area contributed by atoms with Crippen LogP contribution in [0.25, 0.3) is 6.08 Å². The Kier molecular flexibility index (Phi) is 3.91. The number of ether oxygens (including phenoxy) is 1. The Labute approximate surface area is 136 Å². The molecule has 7 heteroatoms. The van der Waals surface area contributed by atoms with Gasteiger partial charge in [-0.15, -0.1) is 0 Å². The molecule has 2 aromatic carbocycles. The number of rotatable bonds is 3. The van der Waals surface area contributed by atoms with Crippen molar-refractivity contribution in [3.05, 3.63) is 80.8 Å². The van der Waals surface area contributed by atoms with Gasteiger partial charge in [0.25, 0.3) is 5.69 Å². The van der Waals surface area contributed by atoms with Gasteiger partial charge in [0.05, 0.1) is 4.92 Å². The van der Waals surface area contributed by atoms with Crippen molar-refractivity contribution in [2.24, 2.45) is 4.99 Å². The summed E-state index contributed by atoms with van der Waals surface area (Å²) >= 11 is 0. The zero-order chi connectivity index (χ0) is 17.3. The van der Waals surface area contributed by atoms with E-state index in [1.807, 2.05) is 0 Å². The first-order valence-electron chi connectivity index (χ1n) is 6.98. The van der Waals surface area contributed by atoms with Crippen molar-refractivity contribution in [1.29, 1.82) is 0 Å². The largest absolute Gasteiger partial charge is 0.402 e. The minimum absolute atomic E-state index is 0.00885. The third-order valence-electron chi connectivity index (χ3n) is 3.53. The zero-order valence-corrected chi connectivity index (χ0v) is 12.5. The van der Waals surface area contributed by atoms with Gasteiger partial charge in [-0.3, -0.25) is 10.1 Å². The molecule has 6 nitrogen and oxygen atoms in total. The first kappa shape index (κ1) is 15.5. The fourth-order valence-electron chi connectivity index (χ4n) is 2.29. The van der Waals surface area contributed by atoms with Crippen molar-refractivity contribution < 1.29 is 18.8 Å². The number of nitro groups is 1. The number of cyclic esters (lactones) is 1. The van der Waals surface area contributed by atoms with Crippen molar-refractivity contribution in [2.75, 3.05) is 0 Å². The molecule has 2 aromatic rings. The van der Waals surface area contributed by atoms with Gasteiger partial charge in [-0.2, -0.15) is 0 Å². The number of halogens is 1. The number of nitro benzene ring substituents is 1. The Morgan fingerprint density at radius 3 is 2.58 bits per heavy atom. The van der Waals surface area contributed by atoms with Crippen LogP contribution in [-0.2, 0) is 9.53 Å². The van der Waals surface area contributed by atoms with Crippen LogP contribution in [0.2, 0.25) is 0 Å². The van der Waals surface area contributed by atoms with Crippen LogP contribution in [0, 0.1) is 22.9 Å². The first-order valence-corrected chi connectivity index (χ1v) is 6.98. The van der Waals surface area contributed by atoms with Crippen molar-refractivity contribution in [2.45, 2.75) is 6.92 Å². The summed E-state index contributed by atoms with van der Waals surface area (Å²) in [6.07, 6.45) is 1.46. The van der Waals surface area contributed by atoms with E-state index in [0.717, 1.165) is 0 Å². The summed E-state index contributed by atoms with van der Waals surface area (Å²) in [5.41, 5.74) is 1.28. The fourth-order valence-corrected chi connectivity index (χ4v) is 2.29. The molecule has 0 saturated carbocycles. The maximum atomic E-state index is 12.9. The van der Waals surface area contributed by atoms with E-state index in [4.69, 9.17) is 4.74 Å². The minimum Gasteiger partial charge on any atom is -0.402 e. The molecule has 1 heterocycles. The second-order valence-electron chi connectivity index (χ2n) is 5.09. The molecule has 0 spiro atoms. The molecular weight excluding hydrogens is 315 g/mol. The van der Waals surface area contributed by atoms with Crippen LogP contribution in [0.5, 0.6) is 0 Å². The van der Waals surface area contributed by atoms with Crippen molar-refractivity contribution >= 4 is 23.6 Å². The molecule has 0 amide bonds. The Hall–Kier alpha value is -3.35. The lowest BCUT2D eigenvalue weighted by Crippen LogP contribution is -2.08. The van der Waals surface area contributed by atoms with Crippen LogP contribution in [0.4, 0.5) is 10.1 Å². The van der Waals surface area contributed by atoms with E-state index in [1.165, 1.54) is 42.5 Å². The maximum Gasteiger partial charge on any atom is 0.363 e. The quantitative estimate of drug-likeness (QED) is 0.375. The topological polar surface area (TPSA) is 81.8 Å². The van der Waals surface area contributed by atoms with Gasteiger partial charge in [0.2, 0.25) is 5.90 Å². The van der Waals surface area contributed by atoms with E-state index < -0.39 is 10.9 Å². The summed E-state index contributed by atoms with van der Waals surface area (Å²) in [7, 11) is 0. The van der Waals surface area contributed by atoms with Crippen molar-refractivity contribution in [3.63, 3.8) is 0 Å². The lowest BCUT2D eigenvalue weighted by Gasteiger charge is -2.04. The monoisotopic (exact) mass is 326 g/mol. The Morgan fingerprint density at radius 2 is 1.92 bits per heavy atom. The Bertz CT molecular complexity index is 901. The molecule has 0 N–H and O–H groups in total. The highest BCUT2D eigenvalue weighted by Crippen LogP contribution is 2.26. The summed E-state index contributed by atoms with van der Waals surface area (Å²) < 4.78 is 18.0. The molecule has 24 heavy (non-hydrogen) atoms. The number of esters is 1. The van der Waals surface area contributed by atoms with Gasteiger partial charge in [-0.1, -0.05) is 18.2 Å². The summed E-state index contributed by atoms with van der Waals surface area (Å²) in [6, 6.07) is 9.99. The number of carbonyl (C=O) groups is 1. The van der Waals surface area contributed by atoms with Crippen LogP contribution in [-0.4, -0.2) is 16.8 Å². The van der Waals surface area contributed by atoms with Gasteiger partial charge in [-0.25, -0.2) is 14.2 Å². The van der Waals surface area contributed by atoms with Gasteiger partial charge >= 0.3 is 5.97 Å². The first-order chi connectivity index (χ1) is 11.5. The molecule has 0 aliphatic carbocycles. The second kappa shape index (κ2) is 6.04. The van der Waals surface area contributed by atoms with Crippen LogP contribution < -0.4 is 0 Å². The number of hydrogen-bond donors (Lipinski definition) is 0. The van der Waals surface area contributed by atoms with Gasteiger partial charge in [0.1, 0.15) is 5.82 Å². The normalized spacial score (nSPS) is 15.3. The highest BCUT2D eigenvalue weighted by atomic mass is 19.1. The van der Waals surface area contributed by atoms with Gasteiger partial charge in [0, 0.05) is 17.2 Å². The van der Waals surface area contributed by atoms with E-state index >= 15 is 0 Å². The molecule has 1 aliphatic heterocycles. The van der Waals surface area contributed by atoms with Crippen LogP contribution in [0.3, 0.4) is 0 Å². The van der Waals surface area contributed by atoms with Crippen LogP contribution in [0.1, 0.15) is 16.7 Å².